The summed E-state index contributed by atoms with van der Waals surface area (Å²) < 4.78 is 5.13. The number of carbonyl (C=O) groups is 3. The first-order valence-corrected chi connectivity index (χ1v) is 9.30. The summed E-state index contributed by atoms with van der Waals surface area (Å²) in [5.41, 5.74) is 1.60. The Bertz CT molecular complexity index is 855. The molecule has 0 aliphatic carbocycles. The lowest BCUT2D eigenvalue weighted by Gasteiger charge is -2.26. The van der Waals surface area contributed by atoms with Crippen molar-refractivity contribution in [3.05, 3.63) is 65.2 Å². The monoisotopic (exact) mass is 380 g/mol. The van der Waals surface area contributed by atoms with Crippen molar-refractivity contribution in [1.29, 1.82) is 0 Å². The van der Waals surface area contributed by atoms with Gasteiger partial charge < -0.3 is 10.1 Å². The van der Waals surface area contributed by atoms with Crippen LogP contribution in [0.15, 0.2) is 48.5 Å². The molecule has 3 rings (SSSR count). The third-order valence-corrected chi connectivity index (χ3v) is 4.76. The second kappa shape index (κ2) is 8.25. The van der Waals surface area contributed by atoms with Gasteiger partial charge in [-0.2, -0.15) is 0 Å². The molecule has 1 aliphatic heterocycles. The summed E-state index contributed by atoms with van der Waals surface area (Å²) in [6, 6.07) is 13.2. The number of nitrogens with one attached hydrogen (secondary N) is 1. The maximum Gasteiger partial charge on any atom is 0.262 e. The Labute approximate surface area is 164 Å². The Morgan fingerprint density at radius 2 is 1.57 bits per heavy atom. The molecular weight excluding hydrogens is 356 g/mol. The summed E-state index contributed by atoms with van der Waals surface area (Å²) in [5, 5.41) is 2.86. The molecule has 0 aromatic heterocycles. The summed E-state index contributed by atoms with van der Waals surface area (Å²) in [5.74, 6) is -0.282. The quantitative estimate of drug-likeness (QED) is 0.749. The van der Waals surface area contributed by atoms with E-state index in [1.165, 1.54) is 0 Å². The summed E-state index contributed by atoms with van der Waals surface area (Å²) in [7, 11) is 1.59. The van der Waals surface area contributed by atoms with Crippen molar-refractivity contribution in [2.75, 3.05) is 7.11 Å². The number of fused-ring (bicyclic) bond motifs is 1. The van der Waals surface area contributed by atoms with Crippen molar-refractivity contribution in [3.63, 3.8) is 0 Å². The largest absolute Gasteiger partial charge is 0.497 e. The standard InChI is InChI=1S/C22H24N2O4/c1-14(2)12-19(20(25)23-13-15-8-10-16(28-3)11-9-15)24-21(26)17-6-4-5-7-18(17)22(24)27/h4-11,14,19H,12-13H2,1-3H3,(H,23,25). The van der Waals surface area contributed by atoms with Crippen LogP contribution < -0.4 is 10.1 Å². The lowest BCUT2D eigenvalue weighted by molar-refractivity contribution is -0.125. The van der Waals surface area contributed by atoms with Gasteiger partial charge in [0.2, 0.25) is 5.91 Å². The van der Waals surface area contributed by atoms with E-state index in [-0.39, 0.29) is 11.8 Å². The summed E-state index contributed by atoms with van der Waals surface area (Å²) >= 11 is 0. The number of imide groups is 1. The van der Waals surface area contributed by atoms with E-state index in [0.29, 0.717) is 24.1 Å². The zero-order chi connectivity index (χ0) is 20.3. The van der Waals surface area contributed by atoms with Crippen LogP contribution in [0, 0.1) is 5.92 Å². The van der Waals surface area contributed by atoms with Crippen molar-refractivity contribution < 1.29 is 19.1 Å². The van der Waals surface area contributed by atoms with Gasteiger partial charge in [-0.1, -0.05) is 38.1 Å². The van der Waals surface area contributed by atoms with E-state index in [1.54, 1.807) is 31.4 Å². The second-order valence-corrected chi connectivity index (χ2v) is 7.24. The van der Waals surface area contributed by atoms with E-state index in [1.807, 2.05) is 38.1 Å². The second-order valence-electron chi connectivity index (χ2n) is 7.24. The van der Waals surface area contributed by atoms with Gasteiger partial charge in [0.05, 0.1) is 18.2 Å². The highest BCUT2D eigenvalue weighted by Crippen LogP contribution is 2.27. The molecule has 6 nitrogen and oxygen atoms in total. The van der Waals surface area contributed by atoms with E-state index in [2.05, 4.69) is 5.32 Å². The minimum absolute atomic E-state index is 0.140. The Morgan fingerprint density at radius 1 is 1.00 bits per heavy atom. The summed E-state index contributed by atoms with van der Waals surface area (Å²) in [6.07, 6.45) is 0.403. The van der Waals surface area contributed by atoms with E-state index < -0.39 is 17.9 Å². The van der Waals surface area contributed by atoms with Crippen LogP contribution in [0.4, 0.5) is 0 Å². The SMILES string of the molecule is COc1ccc(CNC(=O)C(CC(C)C)N2C(=O)c3ccccc3C2=O)cc1. The van der Waals surface area contributed by atoms with E-state index in [0.717, 1.165) is 16.2 Å². The van der Waals surface area contributed by atoms with Gasteiger partial charge in [-0.15, -0.1) is 0 Å². The Hall–Kier alpha value is -3.15. The van der Waals surface area contributed by atoms with Crippen molar-refractivity contribution in [2.45, 2.75) is 32.9 Å². The zero-order valence-corrected chi connectivity index (χ0v) is 16.3. The van der Waals surface area contributed by atoms with Crippen LogP contribution >= 0.6 is 0 Å². The number of ether oxygens (including phenoxy) is 1. The molecule has 1 unspecified atom stereocenters. The van der Waals surface area contributed by atoms with E-state index in [9.17, 15) is 14.4 Å². The molecule has 0 saturated carbocycles. The highest BCUT2D eigenvalue weighted by atomic mass is 16.5. The summed E-state index contributed by atoms with van der Waals surface area (Å²) in [6.45, 7) is 4.23. The van der Waals surface area contributed by atoms with Gasteiger partial charge in [-0.3, -0.25) is 19.3 Å². The maximum atomic E-state index is 12.9. The topological polar surface area (TPSA) is 75.7 Å². The zero-order valence-electron chi connectivity index (χ0n) is 16.3. The van der Waals surface area contributed by atoms with E-state index in [4.69, 9.17) is 4.74 Å². The number of hydrogen-bond donors (Lipinski definition) is 1. The van der Waals surface area contributed by atoms with Crippen LogP contribution in [0.1, 0.15) is 46.5 Å². The first-order valence-electron chi connectivity index (χ1n) is 9.30. The minimum atomic E-state index is -0.842. The molecule has 2 aromatic carbocycles. The van der Waals surface area contributed by atoms with Crippen LogP contribution in [0.2, 0.25) is 0 Å². The molecule has 2 aromatic rings. The fourth-order valence-corrected chi connectivity index (χ4v) is 3.32. The summed E-state index contributed by atoms with van der Waals surface area (Å²) in [4.78, 5) is 39.6. The third-order valence-electron chi connectivity index (χ3n) is 4.76. The minimum Gasteiger partial charge on any atom is -0.497 e. The fourth-order valence-electron chi connectivity index (χ4n) is 3.32. The molecule has 146 valence electrons. The molecule has 1 N–H and O–H groups in total. The number of hydrogen-bond acceptors (Lipinski definition) is 4. The normalized spacial score (nSPS) is 14.2. The molecule has 0 radical (unpaired) electrons. The average molecular weight is 380 g/mol. The predicted molar refractivity (Wildman–Crippen MR) is 105 cm³/mol. The van der Waals surface area contributed by atoms with Crippen molar-refractivity contribution >= 4 is 17.7 Å². The molecular formula is C22H24N2O4. The van der Waals surface area contributed by atoms with Gasteiger partial charge in [0.1, 0.15) is 11.8 Å². The van der Waals surface area contributed by atoms with Crippen LogP contribution in [-0.4, -0.2) is 35.8 Å². The number of methoxy groups -OCH3 is 1. The van der Waals surface area contributed by atoms with Crippen LogP contribution in [-0.2, 0) is 11.3 Å². The number of benzene rings is 2. The molecule has 0 spiro atoms. The first-order chi connectivity index (χ1) is 13.4. The van der Waals surface area contributed by atoms with Crippen molar-refractivity contribution in [1.82, 2.24) is 10.2 Å². The van der Waals surface area contributed by atoms with Crippen molar-refractivity contribution in [3.8, 4) is 5.75 Å². The average Bonchev–Trinajstić information content (AvgIpc) is 2.95. The van der Waals surface area contributed by atoms with E-state index >= 15 is 0 Å². The molecule has 28 heavy (non-hydrogen) atoms. The van der Waals surface area contributed by atoms with Gasteiger partial charge in [0, 0.05) is 6.54 Å². The fraction of sp³-hybridized carbons (Fsp3) is 0.318. The van der Waals surface area contributed by atoms with Gasteiger partial charge >= 0.3 is 0 Å². The lowest BCUT2D eigenvalue weighted by Crippen LogP contribution is -2.50. The Balaban J connectivity index is 1.77. The first kappa shape index (κ1) is 19.6. The Kier molecular flexibility index (Phi) is 5.78. The number of amides is 3. The molecule has 6 heteroatoms. The molecule has 1 heterocycles. The maximum absolute atomic E-state index is 12.9. The smallest absolute Gasteiger partial charge is 0.262 e. The van der Waals surface area contributed by atoms with Gasteiger partial charge in [0.25, 0.3) is 11.8 Å². The molecule has 0 fully saturated rings. The van der Waals surface area contributed by atoms with Crippen LogP contribution in [0.5, 0.6) is 5.75 Å². The third kappa shape index (κ3) is 3.91. The molecule has 1 atom stereocenters. The predicted octanol–water partition coefficient (Wildman–Crippen LogP) is 3.02. The highest BCUT2D eigenvalue weighted by Gasteiger charge is 2.42. The molecule has 0 saturated heterocycles. The molecule has 0 bridgehead atoms. The number of rotatable bonds is 7. The van der Waals surface area contributed by atoms with Gasteiger partial charge in [-0.05, 0) is 42.2 Å². The Morgan fingerprint density at radius 3 is 2.07 bits per heavy atom. The van der Waals surface area contributed by atoms with Crippen LogP contribution in [0.25, 0.3) is 0 Å². The molecule has 3 amide bonds. The number of nitrogens with zero attached hydrogens (tertiary/aromatic N) is 1. The molecule has 1 aliphatic rings. The van der Waals surface area contributed by atoms with Gasteiger partial charge in [-0.25, -0.2) is 0 Å². The number of carbonyl (C=O) groups excluding carboxylic acids is 3. The highest BCUT2D eigenvalue weighted by molar-refractivity contribution is 6.22. The van der Waals surface area contributed by atoms with Crippen molar-refractivity contribution in [2.24, 2.45) is 5.92 Å². The van der Waals surface area contributed by atoms with Gasteiger partial charge in [0.15, 0.2) is 0 Å². The lowest BCUT2D eigenvalue weighted by atomic mass is 10.0. The van der Waals surface area contributed by atoms with Crippen LogP contribution in [0.3, 0.4) is 0 Å².